The molecule has 0 radical (unpaired) electrons. The van der Waals surface area contributed by atoms with Crippen LogP contribution < -0.4 is 0 Å². The fourth-order valence-corrected chi connectivity index (χ4v) is 3.20. The van der Waals surface area contributed by atoms with Crippen LogP contribution >= 0.6 is 0 Å². The number of likely N-dealkylation sites (tertiary alicyclic amines) is 1. The van der Waals surface area contributed by atoms with Crippen molar-refractivity contribution in [3.63, 3.8) is 0 Å². The lowest BCUT2D eigenvalue weighted by molar-refractivity contribution is -0.132. The second-order valence-electron chi connectivity index (χ2n) is 6.21. The van der Waals surface area contributed by atoms with Gasteiger partial charge in [0, 0.05) is 25.2 Å². The first-order chi connectivity index (χ1) is 10.0. The Hall–Kier alpha value is -1.58. The molecule has 1 amide bonds. The van der Waals surface area contributed by atoms with Crippen molar-refractivity contribution in [3.05, 3.63) is 29.6 Å². The van der Waals surface area contributed by atoms with Crippen molar-refractivity contribution in [2.75, 3.05) is 13.1 Å². The van der Waals surface area contributed by atoms with Crippen LogP contribution in [0.25, 0.3) is 0 Å². The van der Waals surface area contributed by atoms with Gasteiger partial charge in [0.2, 0.25) is 5.91 Å². The van der Waals surface area contributed by atoms with Crippen LogP contribution in [0.5, 0.6) is 0 Å². The van der Waals surface area contributed by atoms with Crippen molar-refractivity contribution in [2.45, 2.75) is 53.0 Å². The van der Waals surface area contributed by atoms with Crippen molar-refractivity contribution in [1.82, 2.24) is 14.7 Å². The highest BCUT2D eigenvalue weighted by molar-refractivity contribution is 5.76. The Labute approximate surface area is 127 Å². The summed E-state index contributed by atoms with van der Waals surface area (Å²) in [4.78, 5) is 14.4. The normalized spacial score (nSPS) is 18.8. The number of nitrogens with zero attached hydrogens (tertiary/aromatic N) is 3. The molecule has 1 aromatic rings. The Morgan fingerprint density at radius 3 is 2.90 bits per heavy atom. The van der Waals surface area contributed by atoms with Crippen LogP contribution in [-0.2, 0) is 17.8 Å². The molecule has 0 saturated carbocycles. The Bertz CT molecular complexity index is 518. The molecule has 1 aliphatic heterocycles. The summed E-state index contributed by atoms with van der Waals surface area (Å²) < 4.78 is 1.96. The summed E-state index contributed by atoms with van der Waals surface area (Å²) >= 11 is 0. The Kier molecular flexibility index (Phi) is 5.21. The van der Waals surface area contributed by atoms with Gasteiger partial charge >= 0.3 is 0 Å². The fraction of sp³-hybridized carbons (Fsp3) is 0.647. The van der Waals surface area contributed by atoms with Crippen molar-refractivity contribution in [2.24, 2.45) is 5.92 Å². The molecule has 1 fully saturated rings. The van der Waals surface area contributed by atoms with E-state index in [-0.39, 0.29) is 5.91 Å². The van der Waals surface area contributed by atoms with Gasteiger partial charge in [-0.15, -0.1) is 6.58 Å². The van der Waals surface area contributed by atoms with E-state index in [2.05, 4.69) is 25.5 Å². The minimum Gasteiger partial charge on any atom is -0.342 e. The van der Waals surface area contributed by atoms with Gasteiger partial charge in [0.15, 0.2) is 0 Å². The zero-order valence-electron chi connectivity index (χ0n) is 13.6. The fourth-order valence-electron chi connectivity index (χ4n) is 3.20. The van der Waals surface area contributed by atoms with E-state index in [0.717, 1.165) is 43.9 Å². The maximum Gasteiger partial charge on any atom is 0.222 e. The van der Waals surface area contributed by atoms with Gasteiger partial charge in [0.05, 0.1) is 12.2 Å². The lowest BCUT2D eigenvalue weighted by Gasteiger charge is -2.31. The van der Waals surface area contributed by atoms with E-state index in [9.17, 15) is 4.79 Å². The van der Waals surface area contributed by atoms with E-state index in [1.165, 1.54) is 12.0 Å². The van der Waals surface area contributed by atoms with E-state index >= 15 is 0 Å². The summed E-state index contributed by atoms with van der Waals surface area (Å²) in [5.41, 5.74) is 3.41. The van der Waals surface area contributed by atoms with Gasteiger partial charge in [-0.3, -0.25) is 9.48 Å². The molecule has 0 spiro atoms. The molecule has 1 saturated heterocycles. The molecule has 0 bridgehead atoms. The second-order valence-corrected chi connectivity index (χ2v) is 6.21. The molecule has 0 aromatic carbocycles. The number of aromatic nitrogens is 2. The molecule has 4 nitrogen and oxygen atoms in total. The predicted molar refractivity (Wildman–Crippen MR) is 85.2 cm³/mol. The van der Waals surface area contributed by atoms with E-state index in [1.807, 2.05) is 22.6 Å². The largest absolute Gasteiger partial charge is 0.342 e. The first kappa shape index (κ1) is 15.8. The zero-order chi connectivity index (χ0) is 15.4. The molecular weight excluding hydrogens is 262 g/mol. The van der Waals surface area contributed by atoms with Gasteiger partial charge in [-0.1, -0.05) is 13.0 Å². The highest BCUT2D eigenvalue weighted by Gasteiger charge is 2.21. The van der Waals surface area contributed by atoms with Crippen LogP contribution in [0, 0.1) is 19.8 Å². The quantitative estimate of drug-likeness (QED) is 0.782. The first-order valence-electron chi connectivity index (χ1n) is 7.94. The van der Waals surface area contributed by atoms with Gasteiger partial charge in [-0.25, -0.2) is 0 Å². The molecule has 2 heterocycles. The van der Waals surface area contributed by atoms with Crippen molar-refractivity contribution in [3.8, 4) is 0 Å². The van der Waals surface area contributed by atoms with E-state index in [4.69, 9.17) is 0 Å². The Balaban J connectivity index is 1.96. The predicted octanol–water partition coefficient (Wildman–Crippen LogP) is 2.88. The average molecular weight is 289 g/mol. The third kappa shape index (κ3) is 3.74. The summed E-state index contributed by atoms with van der Waals surface area (Å²) in [7, 11) is 0. The number of hydrogen-bond donors (Lipinski definition) is 0. The van der Waals surface area contributed by atoms with Gasteiger partial charge in [-0.2, -0.15) is 5.10 Å². The summed E-state index contributed by atoms with van der Waals surface area (Å²) in [5, 5.41) is 4.52. The number of carbonyl (C=O) groups excluding carboxylic acids is 1. The molecule has 1 unspecified atom stereocenters. The Morgan fingerprint density at radius 1 is 1.48 bits per heavy atom. The summed E-state index contributed by atoms with van der Waals surface area (Å²) in [6.07, 6.45) is 5.62. The second kappa shape index (κ2) is 6.92. The monoisotopic (exact) mass is 289 g/mol. The van der Waals surface area contributed by atoms with E-state index in [0.29, 0.717) is 12.3 Å². The summed E-state index contributed by atoms with van der Waals surface area (Å²) in [6.45, 7) is 12.7. The molecule has 21 heavy (non-hydrogen) atoms. The minimum absolute atomic E-state index is 0.289. The number of carbonyl (C=O) groups is 1. The number of piperidine rings is 1. The number of hydrogen-bond acceptors (Lipinski definition) is 2. The van der Waals surface area contributed by atoms with Crippen LogP contribution in [0.1, 0.15) is 43.1 Å². The van der Waals surface area contributed by atoms with Crippen LogP contribution in [0.2, 0.25) is 0 Å². The zero-order valence-corrected chi connectivity index (χ0v) is 13.6. The number of aryl methyl sites for hydroxylation is 1. The third-order valence-corrected chi connectivity index (χ3v) is 4.43. The minimum atomic E-state index is 0.289. The molecule has 1 aliphatic rings. The van der Waals surface area contributed by atoms with Crippen molar-refractivity contribution in [1.29, 1.82) is 0 Å². The van der Waals surface area contributed by atoms with Crippen LogP contribution in [0.3, 0.4) is 0 Å². The van der Waals surface area contributed by atoms with Crippen LogP contribution in [0.4, 0.5) is 0 Å². The number of amides is 1. The van der Waals surface area contributed by atoms with Gasteiger partial charge in [0.25, 0.3) is 0 Å². The van der Waals surface area contributed by atoms with E-state index < -0.39 is 0 Å². The molecule has 2 rings (SSSR count). The van der Waals surface area contributed by atoms with Gasteiger partial charge in [-0.05, 0) is 44.6 Å². The smallest absolute Gasteiger partial charge is 0.222 e. The SMILES string of the molecule is C=CCn1nc(C)c(CCC(=O)N2CCCC(C)C2)c1C. The first-order valence-corrected chi connectivity index (χ1v) is 7.94. The maximum absolute atomic E-state index is 12.4. The standard InChI is InChI=1S/C17H27N3O/c1-5-10-20-15(4)16(14(3)18-20)8-9-17(21)19-11-6-7-13(2)12-19/h5,13H,1,6-12H2,2-4H3. The van der Waals surface area contributed by atoms with Crippen LogP contribution in [-0.4, -0.2) is 33.7 Å². The molecule has 1 aromatic heterocycles. The molecule has 1 atom stereocenters. The van der Waals surface area contributed by atoms with Crippen LogP contribution in [0.15, 0.2) is 12.7 Å². The Morgan fingerprint density at radius 2 is 2.24 bits per heavy atom. The van der Waals surface area contributed by atoms with Gasteiger partial charge in [0.1, 0.15) is 0 Å². The van der Waals surface area contributed by atoms with E-state index in [1.54, 1.807) is 0 Å². The molecule has 116 valence electrons. The highest BCUT2D eigenvalue weighted by Crippen LogP contribution is 2.19. The lowest BCUT2D eigenvalue weighted by atomic mass is 9.99. The van der Waals surface area contributed by atoms with Gasteiger partial charge < -0.3 is 4.90 Å². The molecule has 4 heteroatoms. The summed E-state index contributed by atoms with van der Waals surface area (Å²) in [6, 6.07) is 0. The number of rotatable bonds is 5. The van der Waals surface area contributed by atoms with Crippen molar-refractivity contribution >= 4 is 5.91 Å². The average Bonchev–Trinajstić information content (AvgIpc) is 2.71. The molecular formula is C17H27N3O. The highest BCUT2D eigenvalue weighted by atomic mass is 16.2. The number of allylic oxidation sites excluding steroid dienone is 1. The molecule has 0 aliphatic carbocycles. The topological polar surface area (TPSA) is 38.1 Å². The summed E-state index contributed by atoms with van der Waals surface area (Å²) in [5.74, 6) is 0.929. The molecule has 0 N–H and O–H groups in total. The lowest BCUT2D eigenvalue weighted by Crippen LogP contribution is -2.39. The third-order valence-electron chi connectivity index (χ3n) is 4.43. The van der Waals surface area contributed by atoms with Crippen molar-refractivity contribution < 1.29 is 4.79 Å². The maximum atomic E-state index is 12.4.